The number of nitrogens with zero attached hydrogens (tertiary/aromatic N) is 2. The molecular formula is C32H24F12N2O4. The highest BCUT2D eigenvalue weighted by molar-refractivity contribution is 6.24. The highest BCUT2D eigenvalue weighted by atomic mass is 19.4. The summed E-state index contributed by atoms with van der Waals surface area (Å²) in [6.07, 6.45) is -18.3. The molecule has 0 saturated heterocycles. The predicted molar refractivity (Wildman–Crippen MR) is 150 cm³/mol. The second-order valence-electron chi connectivity index (χ2n) is 12.7. The Balaban J connectivity index is 1.60. The second kappa shape index (κ2) is 11.4. The molecule has 2 aliphatic heterocycles. The smallest absolute Gasteiger partial charge is 0.573 e. The predicted octanol–water partition coefficient (Wildman–Crippen LogP) is 7.79. The second-order valence-corrected chi connectivity index (χ2v) is 12.7. The molecular weight excluding hydrogens is 704 g/mol. The number of ketones is 1. The van der Waals surface area contributed by atoms with E-state index in [0.29, 0.717) is 9.48 Å². The van der Waals surface area contributed by atoms with Crippen LogP contribution in [0.5, 0.6) is 11.5 Å². The van der Waals surface area contributed by atoms with Crippen LogP contribution in [0.15, 0.2) is 71.2 Å². The third-order valence-corrected chi connectivity index (χ3v) is 8.41. The van der Waals surface area contributed by atoms with E-state index in [1.54, 1.807) is 0 Å². The quantitative estimate of drug-likeness (QED) is 0.173. The van der Waals surface area contributed by atoms with Gasteiger partial charge < -0.3 is 19.5 Å². The van der Waals surface area contributed by atoms with Crippen molar-refractivity contribution in [1.82, 2.24) is 0 Å². The molecule has 0 radical (unpaired) electrons. The molecule has 2 heterocycles. The Bertz CT molecular complexity index is 1890. The van der Waals surface area contributed by atoms with Gasteiger partial charge in [0.25, 0.3) is 0 Å². The highest BCUT2D eigenvalue weighted by Crippen LogP contribution is 2.51. The Labute approximate surface area is 275 Å². The van der Waals surface area contributed by atoms with Gasteiger partial charge in [-0.2, -0.15) is 30.9 Å². The van der Waals surface area contributed by atoms with Crippen molar-refractivity contribution >= 4 is 22.9 Å². The average Bonchev–Trinajstić information content (AvgIpc) is 3.24. The fourth-order valence-electron chi connectivity index (χ4n) is 6.29. The van der Waals surface area contributed by atoms with Crippen molar-refractivity contribution in [3.63, 3.8) is 0 Å². The van der Waals surface area contributed by atoms with E-state index >= 15 is 0 Å². The maximum Gasteiger partial charge on any atom is 0.573 e. The molecule has 50 heavy (non-hydrogen) atoms. The largest absolute Gasteiger partial charge is 0.871 e. The lowest BCUT2D eigenvalue weighted by Gasteiger charge is -2.33. The molecule has 1 aliphatic carbocycles. The number of carbonyl (C=O) groups is 1. The first kappa shape index (κ1) is 36.6. The molecule has 6 nitrogen and oxygen atoms in total. The molecule has 0 unspecified atom stereocenters. The minimum absolute atomic E-state index is 0.0528. The van der Waals surface area contributed by atoms with Crippen molar-refractivity contribution in [3.05, 3.63) is 82.3 Å². The first-order valence-electron chi connectivity index (χ1n) is 14.4. The van der Waals surface area contributed by atoms with Gasteiger partial charge in [-0.05, 0) is 55.8 Å². The minimum atomic E-state index is -5.12. The van der Waals surface area contributed by atoms with Gasteiger partial charge in [0.15, 0.2) is 11.5 Å². The van der Waals surface area contributed by atoms with Crippen molar-refractivity contribution in [2.24, 2.45) is 0 Å². The van der Waals surface area contributed by atoms with Gasteiger partial charge in [-0.1, -0.05) is 19.6 Å². The van der Waals surface area contributed by atoms with Crippen LogP contribution in [-0.2, 0) is 15.6 Å². The van der Waals surface area contributed by atoms with Gasteiger partial charge in [-0.15, -0.1) is 26.3 Å². The summed E-state index contributed by atoms with van der Waals surface area (Å²) in [5, 5.41) is 13.4. The summed E-state index contributed by atoms with van der Waals surface area (Å²) in [5.41, 5.74) is -5.39. The highest BCUT2D eigenvalue weighted by Gasteiger charge is 2.51. The molecule has 0 saturated carbocycles. The molecule has 0 spiro atoms. The van der Waals surface area contributed by atoms with Crippen LogP contribution in [0.3, 0.4) is 0 Å². The summed E-state index contributed by atoms with van der Waals surface area (Å²) in [4.78, 5) is 14.0. The van der Waals surface area contributed by atoms with Crippen molar-refractivity contribution < 1.29 is 76.6 Å². The topological polar surface area (TPSA) is 64.8 Å². The molecule has 0 fully saturated rings. The summed E-state index contributed by atoms with van der Waals surface area (Å²) < 4.78 is 168. The fraction of sp³-hybridized carbons (Fsp3) is 0.375. The molecule has 0 aromatic heterocycles. The number of anilines is 1. The maximum atomic E-state index is 13.7. The molecule has 270 valence electrons. The van der Waals surface area contributed by atoms with E-state index in [4.69, 9.17) is 0 Å². The van der Waals surface area contributed by atoms with Gasteiger partial charge in [0.05, 0.1) is 5.41 Å². The van der Waals surface area contributed by atoms with Crippen LogP contribution in [0.1, 0.15) is 38.8 Å². The summed E-state index contributed by atoms with van der Waals surface area (Å²) in [6, 6.07) is 5.27. The Kier molecular flexibility index (Phi) is 8.39. The molecule has 18 heteroatoms. The van der Waals surface area contributed by atoms with Gasteiger partial charge >= 0.3 is 25.1 Å². The molecule has 0 N–H and O–H groups in total. The van der Waals surface area contributed by atoms with Crippen LogP contribution < -0.4 is 19.5 Å². The number of Topliss-reactive ketones (excluding diaryl/α,β-unsaturated/α-hetero) is 1. The van der Waals surface area contributed by atoms with Crippen molar-refractivity contribution in [1.29, 1.82) is 0 Å². The van der Waals surface area contributed by atoms with Crippen LogP contribution in [0, 0.1) is 0 Å². The first-order valence-corrected chi connectivity index (χ1v) is 14.4. The number of halogens is 12. The number of alkyl halides is 12. The Morgan fingerprint density at radius 1 is 0.760 bits per heavy atom. The number of benzene rings is 2. The lowest BCUT2D eigenvalue weighted by Crippen LogP contribution is -2.37. The summed E-state index contributed by atoms with van der Waals surface area (Å²) in [7, 11) is 0. The van der Waals surface area contributed by atoms with Gasteiger partial charge in [0.1, 0.15) is 18.0 Å². The van der Waals surface area contributed by atoms with Gasteiger partial charge in [0, 0.05) is 45.7 Å². The standard InChI is InChI=1S/C32H24F12N2O4/c1-27(2)19-9-15(49-31(39,40)41)5-7-21(19)45(13-29(33,34)35)23(27)11-17-25(47)18(26(17)48)12-24-28(3,4)20-10-16(50-32(42,43)44)6-8-22(20)46(24)14-30(36,37)38/h5-12H,13-14H2,1-4H3. The lowest BCUT2D eigenvalue weighted by molar-refractivity contribution is -0.481. The number of ether oxygens (including phenoxy) is 2. The number of rotatable bonds is 6. The molecule has 0 atom stereocenters. The molecule has 5 rings (SSSR count). The van der Waals surface area contributed by atoms with E-state index in [-0.39, 0.29) is 33.9 Å². The van der Waals surface area contributed by atoms with Crippen LogP contribution >= 0.6 is 0 Å². The molecule has 2 aromatic carbocycles. The maximum absolute atomic E-state index is 13.7. The zero-order chi connectivity index (χ0) is 37.6. The number of hydrogen-bond acceptors (Lipinski definition) is 5. The molecule has 3 aliphatic rings. The number of carbonyl (C=O) groups excluding carboxylic acids is 1. The van der Waals surface area contributed by atoms with Crippen molar-refractivity contribution in [2.45, 2.75) is 63.6 Å². The zero-order valence-electron chi connectivity index (χ0n) is 26.1. The van der Waals surface area contributed by atoms with E-state index in [9.17, 15) is 62.6 Å². The van der Waals surface area contributed by atoms with Crippen LogP contribution in [-0.4, -0.2) is 54.2 Å². The van der Waals surface area contributed by atoms with Crippen LogP contribution in [0.25, 0.3) is 0 Å². The third-order valence-electron chi connectivity index (χ3n) is 8.41. The Hall–Kier alpha value is -4.64. The molecule has 0 bridgehead atoms. The average molecular weight is 729 g/mol. The number of fused-ring (bicyclic) bond motifs is 2. The van der Waals surface area contributed by atoms with Crippen LogP contribution in [0.4, 0.5) is 64.1 Å². The van der Waals surface area contributed by atoms with Crippen LogP contribution in [0.2, 0.25) is 0 Å². The normalized spacial score (nSPS) is 20.5. The van der Waals surface area contributed by atoms with E-state index in [1.807, 2.05) is 0 Å². The summed E-state index contributed by atoms with van der Waals surface area (Å²) in [5.74, 6) is -3.59. The van der Waals surface area contributed by atoms with Crippen molar-refractivity contribution in [2.75, 3.05) is 18.0 Å². The van der Waals surface area contributed by atoms with E-state index in [1.165, 1.54) is 27.7 Å². The molecule has 2 aromatic rings. The lowest BCUT2D eigenvalue weighted by atomic mass is 9.77. The van der Waals surface area contributed by atoms with Gasteiger partial charge in [0.2, 0.25) is 12.2 Å². The van der Waals surface area contributed by atoms with Crippen molar-refractivity contribution in [3.8, 4) is 11.5 Å². The van der Waals surface area contributed by atoms with E-state index in [2.05, 4.69) is 9.47 Å². The van der Waals surface area contributed by atoms with Gasteiger partial charge in [-0.3, -0.25) is 4.79 Å². The third kappa shape index (κ3) is 7.01. The number of allylic oxidation sites excluding steroid dienone is 5. The number of hydrogen-bond donors (Lipinski definition) is 0. The Morgan fingerprint density at radius 2 is 1.30 bits per heavy atom. The Morgan fingerprint density at radius 3 is 1.80 bits per heavy atom. The summed E-state index contributed by atoms with van der Waals surface area (Å²) in [6.45, 7) is 2.05. The van der Waals surface area contributed by atoms with E-state index < -0.39 is 83.2 Å². The minimum Gasteiger partial charge on any atom is -0.871 e. The summed E-state index contributed by atoms with van der Waals surface area (Å²) >= 11 is 0. The zero-order valence-corrected chi connectivity index (χ0v) is 26.1. The molecule has 0 amide bonds. The first-order chi connectivity index (χ1) is 22.6. The van der Waals surface area contributed by atoms with E-state index in [0.717, 1.165) is 48.6 Å². The van der Waals surface area contributed by atoms with Gasteiger partial charge in [-0.25, -0.2) is 0 Å². The monoisotopic (exact) mass is 728 g/mol. The fourth-order valence-corrected chi connectivity index (χ4v) is 6.29. The SMILES string of the molecule is CC1(C)C(/C=C2/C(=O)C(/C=C3/N(CC(F)(F)F)c4ccc(OC(F)(F)F)cc4C3(C)C)=C2[O-])=[N+](CC(F)(F)F)c2ccc(OC(F)(F)F)cc21.